The highest BCUT2D eigenvalue weighted by Crippen LogP contribution is 2.47. The van der Waals surface area contributed by atoms with E-state index in [0.717, 1.165) is 21.5 Å². The van der Waals surface area contributed by atoms with E-state index in [1.807, 2.05) is 97.1 Å². The molecule has 36 heavy (non-hydrogen) atoms. The Morgan fingerprint density at radius 2 is 0.944 bits per heavy atom. The maximum Gasteiger partial charge on any atom is 0.276 e. The lowest BCUT2D eigenvalue weighted by Gasteiger charge is -2.26. The number of rotatable bonds is 6. The fourth-order valence-electron chi connectivity index (χ4n) is 4.49. The average Bonchev–Trinajstić information content (AvgIpc) is 2.97. The van der Waals surface area contributed by atoms with Gasteiger partial charge in [-0.2, -0.15) is 0 Å². The van der Waals surface area contributed by atoms with Crippen LogP contribution in [0.5, 0.6) is 0 Å². The molecule has 0 aliphatic rings. The van der Waals surface area contributed by atoms with Crippen LogP contribution in [-0.4, -0.2) is 11.0 Å². The van der Waals surface area contributed by atoms with Crippen molar-refractivity contribution < 1.29 is 9.90 Å². The van der Waals surface area contributed by atoms with Crippen molar-refractivity contribution in [1.82, 2.24) is 0 Å². The topological polar surface area (TPSA) is 49.7 Å². The molecule has 3 nitrogen and oxygen atoms in total. The number of carbonyl (C=O) groups excluding carboxylic acids is 1. The molecule has 0 saturated heterocycles. The zero-order valence-corrected chi connectivity index (χ0v) is 20.6. The number of nitrogens with zero attached hydrogens (tertiary/aromatic N) is 1. The lowest BCUT2D eigenvalue weighted by Crippen LogP contribution is -2.26. The van der Waals surface area contributed by atoms with Crippen LogP contribution in [0.25, 0.3) is 0 Å². The van der Waals surface area contributed by atoms with Crippen molar-refractivity contribution in [2.75, 3.05) is 0 Å². The smallest absolute Gasteiger partial charge is 0.276 e. The largest absolute Gasteiger partial charge is 0.384 e. The summed E-state index contributed by atoms with van der Waals surface area (Å²) in [5, 5.41) is 14.2. The first-order valence-corrected chi connectivity index (χ1v) is 13.6. The maximum atomic E-state index is 14.1. The van der Waals surface area contributed by atoms with E-state index in [0.29, 0.717) is 11.1 Å². The molecule has 5 aromatic rings. The summed E-state index contributed by atoms with van der Waals surface area (Å²) in [6, 6.07) is 46.8. The minimum absolute atomic E-state index is 0.342. The standard InChI is InChI=1S/C32H26NO2P/c34-31(25-15-5-1-6-16-25)29-23-13-14-24-30(29)32(35)33-36(26-17-7-2-8-18-26,27-19-9-3-10-20-27)28-21-11-4-12-22-28/h1-24,31,34H. The van der Waals surface area contributed by atoms with Gasteiger partial charge in [-0.1, -0.05) is 140 Å². The van der Waals surface area contributed by atoms with Gasteiger partial charge in [-0.25, -0.2) is 4.74 Å². The fraction of sp³-hybridized carbons (Fsp3) is 0.0312. The van der Waals surface area contributed by atoms with Crippen LogP contribution in [0.3, 0.4) is 0 Å². The molecule has 1 unspecified atom stereocenters. The Balaban J connectivity index is 1.76. The molecular weight excluding hydrogens is 461 g/mol. The molecule has 5 aromatic carbocycles. The molecular formula is C32H26NO2P. The minimum Gasteiger partial charge on any atom is -0.384 e. The van der Waals surface area contributed by atoms with E-state index < -0.39 is 13.2 Å². The Labute approximate surface area is 211 Å². The lowest BCUT2D eigenvalue weighted by molar-refractivity contribution is 0.1000. The molecule has 1 N–H and O–H groups in total. The predicted octanol–water partition coefficient (Wildman–Crippen LogP) is 6.09. The Hall–Kier alpha value is -4.04. The molecule has 0 fully saturated rings. The van der Waals surface area contributed by atoms with Gasteiger partial charge in [-0.3, -0.25) is 4.79 Å². The van der Waals surface area contributed by atoms with Crippen LogP contribution in [0.1, 0.15) is 27.6 Å². The normalized spacial score (nSPS) is 12.0. The van der Waals surface area contributed by atoms with Crippen LogP contribution in [0.4, 0.5) is 0 Å². The number of aliphatic hydroxyl groups excluding tert-OH is 1. The van der Waals surface area contributed by atoms with Gasteiger partial charge in [0.1, 0.15) is 6.10 Å². The van der Waals surface area contributed by atoms with Crippen molar-refractivity contribution in [2.24, 2.45) is 4.74 Å². The van der Waals surface area contributed by atoms with Crippen molar-refractivity contribution in [3.8, 4) is 0 Å². The molecule has 0 radical (unpaired) electrons. The zero-order chi connectivity index (χ0) is 24.8. The first-order chi connectivity index (χ1) is 17.7. The monoisotopic (exact) mass is 487 g/mol. The maximum absolute atomic E-state index is 14.1. The number of aliphatic hydroxyl groups is 1. The van der Waals surface area contributed by atoms with Crippen LogP contribution in [0.15, 0.2) is 150 Å². The summed E-state index contributed by atoms with van der Waals surface area (Å²) in [7, 11) is -2.70. The van der Waals surface area contributed by atoms with Crippen molar-refractivity contribution >= 4 is 28.9 Å². The number of carbonyl (C=O) groups is 1. The molecule has 0 saturated carbocycles. The van der Waals surface area contributed by atoms with Gasteiger partial charge in [0.05, 0.1) is 7.05 Å². The van der Waals surface area contributed by atoms with Crippen LogP contribution < -0.4 is 15.9 Å². The van der Waals surface area contributed by atoms with E-state index in [1.165, 1.54) is 0 Å². The van der Waals surface area contributed by atoms with E-state index in [2.05, 4.69) is 36.4 Å². The summed E-state index contributed by atoms with van der Waals surface area (Å²) >= 11 is 0. The van der Waals surface area contributed by atoms with Crippen molar-refractivity contribution in [2.45, 2.75) is 6.10 Å². The second kappa shape index (κ2) is 10.7. The quantitative estimate of drug-likeness (QED) is 0.295. The van der Waals surface area contributed by atoms with Crippen LogP contribution in [0, 0.1) is 0 Å². The predicted molar refractivity (Wildman–Crippen MR) is 149 cm³/mol. The Morgan fingerprint density at radius 3 is 1.42 bits per heavy atom. The first kappa shape index (κ1) is 23.7. The van der Waals surface area contributed by atoms with E-state index in [9.17, 15) is 9.90 Å². The Bertz CT molecular complexity index is 1400. The third-order valence-corrected chi connectivity index (χ3v) is 9.85. The van der Waals surface area contributed by atoms with E-state index >= 15 is 0 Å². The molecule has 4 heteroatoms. The summed E-state index contributed by atoms with van der Waals surface area (Å²) in [4.78, 5) is 14.1. The molecule has 0 aliphatic heterocycles. The molecule has 0 aliphatic carbocycles. The average molecular weight is 488 g/mol. The number of hydrogen-bond acceptors (Lipinski definition) is 2. The molecule has 0 aromatic heterocycles. The molecule has 176 valence electrons. The van der Waals surface area contributed by atoms with Crippen LogP contribution >= 0.6 is 7.05 Å². The van der Waals surface area contributed by atoms with Crippen LogP contribution in [-0.2, 0) is 0 Å². The third-order valence-electron chi connectivity index (χ3n) is 6.23. The van der Waals surface area contributed by atoms with E-state index in [-0.39, 0.29) is 5.91 Å². The second-order valence-electron chi connectivity index (χ2n) is 8.45. The molecule has 1 atom stereocenters. The van der Waals surface area contributed by atoms with Gasteiger partial charge in [0.15, 0.2) is 0 Å². The van der Waals surface area contributed by atoms with Gasteiger partial charge in [0, 0.05) is 21.5 Å². The van der Waals surface area contributed by atoms with Crippen molar-refractivity contribution in [3.05, 3.63) is 162 Å². The summed E-state index contributed by atoms with van der Waals surface area (Å²) < 4.78 is 5.09. The lowest BCUT2D eigenvalue weighted by atomic mass is 9.96. The third kappa shape index (κ3) is 4.59. The summed E-state index contributed by atoms with van der Waals surface area (Å²) in [5.74, 6) is -0.342. The van der Waals surface area contributed by atoms with Crippen molar-refractivity contribution in [3.63, 3.8) is 0 Å². The highest BCUT2D eigenvalue weighted by Gasteiger charge is 2.29. The number of hydrogen-bond donors (Lipinski definition) is 1. The second-order valence-corrected chi connectivity index (χ2v) is 11.5. The molecule has 0 heterocycles. The van der Waals surface area contributed by atoms with Crippen molar-refractivity contribution in [1.29, 1.82) is 0 Å². The molecule has 0 spiro atoms. The first-order valence-electron chi connectivity index (χ1n) is 11.9. The highest BCUT2D eigenvalue weighted by molar-refractivity contribution is 7.87. The van der Waals surface area contributed by atoms with Gasteiger partial charge in [0.25, 0.3) is 5.91 Å². The zero-order valence-electron chi connectivity index (χ0n) is 19.7. The molecule has 1 amide bonds. The van der Waals surface area contributed by atoms with Crippen LogP contribution in [0.2, 0.25) is 0 Å². The summed E-state index contributed by atoms with van der Waals surface area (Å²) in [6.45, 7) is 0. The Morgan fingerprint density at radius 1 is 0.556 bits per heavy atom. The Kier molecular flexibility index (Phi) is 7.04. The summed E-state index contributed by atoms with van der Waals surface area (Å²) in [6.07, 6.45) is -0.931. The SMILES string of the molecule is O=C(N=P(c1ccccc1)(c1ccccc1)c1ccccc1)c1ccccc1C(O)c1ccccc1. The molecule has 5 rings (SSSR count). The molecule has 0 bridgehead atoms. The minimum atomic E-state index is -2.70. The van der Waals surface area contributed by atoms with E-state index in [4.69, 9.17) is 4.74 Å². The number of amides is 1. The van der Waals surface area contributed by atoms with Gasteiger partial charge >= 0.3 is 0 Å². The number of benzene rings is 5. The van der Waals surface area contributed by atoms with Gasteiger partial charge in [-0.15, -0.1) is 0 Å². The van der Waals surface area contributed by atoms with Gasteiger partial charge in [0.2, 0.25) is 0 Å². The van der Waals surface area contributed by atoms with E-state index in [1.54, 1.807) is 12.1 Å². The van der Waals surface area contributed by atoms with Gasteiger partial charge < -0.3 is 5.11 Å². The van der Waals surface area contributed by atoms with Gasteiger partial charge in [-0.05, 0) is 17.2 Å². The highest BCUT2D eigenvalue weighted by atomic mass is 31.2. The fourth-order valence-corrected chi connectivity index (χ4v) is 7.92. The summed E-state index contributed by atoms with van der Waals surface area (Å²) in [5.41, 5.74) is 1.68.